The van der Waals surface area contributed by atoms with Crippen LogP contribution < -0.4 is 0 Å². The van der Waals surface area contributed by atoms with E-state index >= 15 is 0 Å². The van der Waals surface area contributed by atoms with E-state index in [1.807, 2.05) is 18.2 Å². The molecule has 2 aromatic carbocycles. The summed E-state index contributed by atoms with van der Waals surface area (Å²) in [6.07, 6.45) is 0. The predicted octanol–water partition coefficient (Wildman–Crippen LogP) is 4.48. The molecule has 94 valence electrons. The number of benzene rings is 2. The molecule has 20 heavy (non-hydrogen) atoms. The first-order valence-electron chi connectivity index (χ1n) is 6.46. The van der Waals surface area contributed by atoms with Crippen LogP contribution in [0.25, 0.3) is 42.5 Å². The highest BCUT2D eigenvalue weighted by Gasteiger charge is 2.12. The van der Waals surface area contributed by atoms with Gasteiger partial charge in [-0.2, -0.15) is 0 Å². The molecule has 0 saturated heterocycles. The van der Waals surface area contributed by atoms with Gasteiger partial charge in [-0.25, -0.2) is 9.97 Å². The van der Waals surface area contributed by atoms with Crippen LogP contribution in [-0.2, 0) is 0 Å². The van der Waals surface area contributed by atoms with Gasteiger partial charge in [0.15, 0.2) is 5.65 Å². The summed E-state index contributed by atoms with van der Waals surface area (Å²) in [4.78, 5) is 14.0. The van der Waals surface area contributed by atoms with Crippen molar-refractivity contribution >= 4 is 53.8 Å². The fourth-order valence-electron chi connectivity index (χ4n) is 2.72. The molecule has 3 nitrogen and oxygen atoms in total. The van der Waals surface area contributed by atoms with Gasteiger partial charge in [0.25, 0.3) is 0 Å². The second-order valence-electron chi connectivity index (χ2n) is 4.84. The van der Waals surface area contributed by atoms with Gasteiger partial charge in [-0.05, 0) is 12.1 Å². The van der Waals surface area contributed by atoms with E-state index in [2.05, 4.69) is 35.3 Å². The predicted molar refractivity (Wildman–Crippen MR) is 84.3 cm³/mol. The Morgan fingerprint density at radius 1 is 0.800 bits per heavy atom. The fraction of sp³-hybridized carbons (Fsp3) is 0. The smallest absolute Gasteiger partial charge is 0.157 e. The van der Waals surface area contributed by atoms with Gasteiger partial charge in [0, 0.05) is 21.0 Å². The van der Waals surface area contributed by atoms with Crippen molar-refractivity contribution in [2.75, 3.05) is 0 Å². The number of nitrogens with zero attached hydrogens (tertiary/aromatic N) is 2. The molecular weight excluding hydrogens is 266 g/mol. The zero-order chi connectivity index (χ0) is 13.1. The lowest BCUT2D eigenvalue weighted by Crippen LogP contribution is -1.81. The lowest BCUT2D eigenvalue weighted by molar-refractivity contribution is 1.38. The number of hydrogen-bond acceptors (Lipinski definition) is 3. The zero-order valence-electron chi connectivity index (χ0n) is 10.4. The molecule has 0 spiro atoms. The van der Waals surface area contributed by atoms with Gasteiger partial charge < -0.3 is 4.98 Å². The molecule has 0 aliphatic carbocycles. The normalized spacial score (nSPS) is 12.0. The van der Waals surface area contributed by atoms with E-state index < -0.39 is 0 Å². The molecule has 5 aromatic rings. The van der Waals surface area contributed by atoms with E-state index in [0.29, 0.717) is 0 Å². The molecular formula is C16H9N3S. The van der Waals surface area contributed by atoms with Crippen molar-refractivity contribution in [2.24, 2.45) is 0 Å². The van der Waals surface area contributed by atoms with Gasteiger partial charge in [-0.15, -0.1) is 11.3 Å². The van der Waals surface area contributed by atoms with Crippen LogP contribution in [-0.4, -0.2) is 15.0 Å². The van der Waals surface area contributed by atoms with E-state index in [9.17, 15) is 0 Å². The summed E-state index contributed by atoms with van der Waals surface area (Å²) in [7, 11) is 0. The lowest BCUT2D eigenvalue weighted by Gasteiger charge is -1.92. The quantitative estimate of drug-likeness (QED) is 0.453. The number of para-hydroxylation sites is 1. The Labute approximate surface area is 117 Å². The minimum absolute atomic E-state index is 0.863. The van der Waals surface area contributed by atoms with Crippen molar-refractivity contribution in [3.8, 4) is 0 Å². The summed E-state index contributed by atoms with van der Waals surface area (Å²) in [6.45, 7) is 0. The molecule has 0 aliphatic rings. The van der Waals surface area contributed by atoms with Crippen molar-refractivity contribution < 1.29 is 0 Å². The first-order chi connectivity index (χ1) is 9.90. The largest absolute Gasteiger partial charge is 0.338 e. The Kier molecular flexibility index (Phi) is 1.84. The zero-order valence-corrected chi connectivity index (χ0v) is 11.2. The lowest BCUT2D eigenvalue weighted by atomic mass is 10.2. The number of thiophene rings is 1. The van der Waals surface area contributed by atoms with E-state index in [1.54, 1.807) is 11.3 Å². The topological polar surface area (TPSA) is 41.6 Å². The van der Waals surface area contributed by atoms with Crippen LogP contribution >= 0.6 is 11.3 Å². The second-order valence-corrected chi connectivity index (χ2v) is 5.87. The number of fused-ring (bicyclic) bond motifs is 6. The van der Waals surface area contributed by atoms with Gasteiger partial charge >= 0.3 is 0 Å². The Morgan fingerprint density at radius 3 is 2.55 bits per heavy atom. The third kappa shape index (κ3) is 1.24. The Balaban J connectivity index is 2.05. The van der Waals surface area contributed by atoms with Gasteiger partial charge in [0.2, 0.25) is 0 Å². The number of aromatic nitrogens is 3. The van der Waals surface area contributed by atoms with E-state index in [1.165, 1.54) is 10.1 Å². The maximum Gasteiger partial charge on any atom is 0.157 e. The molecule has 0 aliphatic heterocycles. The highest BCUT2D eigenvalue weighted by Crippen LogP contribution is 2.33. The fourth-order valence-corrected chi connectivity index (χ4v) is 3.74. The molecule has 0 fully saturated rings. The molecule has 3 heterocycles. The minimum Gasteiger partial charge on any atom is -0.338 e. The molecule has 3 aromatic heterocycles. The summed E-state index contributed by atoms with van der Waals surface area (Å²) in [6, 6.07) is 16.5. The second kappa shape index (κ2) is 3.55. The van der Waals surface area contributed by atoms with Gasteiger partial charge in [0.05, 0.1) is 0 Å². The molecule has 0 unspecified atom stereocenters. The average Bonchev–Trinajstić information content (AvgIpc) is 3.02. The Morgan fingerprint density at radius 2 is 1.60 bits per heavy atom. The van der Waals surface area contributed by atoms with Crippen molar-refractivity contribution in [2.45, 2.75) is 0 Å². The highest BCUT2D eigenvalue weighted by molar-refractivity contribution is 7.25. The summed E-state index contributed by atoms with van der Waals surface area (Å²) in [5.74, 6) is 0. The molecule has 0 bridgehead atoms. The van der Waals surface area contributed by atoms with Crippen LogP contribution in [0.1, 0.15) is 0 Å². The molecule has 0 radical (unpaired) electrons. The van der Waals surface area contributed by atoms with Crippen LogP contribution in [0.4, 0.5) is 0 Å². The molecule has 4 heteroatoms. The van der Waals surface area contributed by atoms with Gasteiger partial charge in [-0.1, -0.05) is 36.4 Å². The Hall–Kier alpha value is -2.46. The van der Waals surface area contributed by atoms with Gasteiger partial charge in [0.1, 0.15) is 15.9 Å². The minimum atomic E-state index is 0.863. The number of nitrogens with one attached hydrogen (secondary N) is 1. The summed E-state index contributed by atoms with van der Waals surface area (Å²) in [5, 5.41) is 2.31. The first kappa shape index (κ1) is 10.3. The molecule has 0 saturated carbocycles. The number of hydrogen-bond donors (Lipinski definition) is 1. The summed E-state index contributed by atoms with van der Waals surface area (Å²) >= 11 is 1.70. The standard InChI is InChI=1S/C16H9N3S/c1-3-7-11-9(5-1)13-15(17-11)18-14-10-6-2-4-8-12(10)20-16(14)19-13/h1-8H,(H,17,18). The third-order valence-electron chi connectivity index (χ3n) is 3.65. The monoisotopic (exact) mass is 275 g/mol. The van der Waals surface area contributed by atoms with Crippen LogP contribution in [0, 0.1) is 0 Å². The molecule has 5 rings (SSSR count). The number of rotatable bonds is 0. The van der Waals surface area contributed by atoms with Crippen molar-refractivity contribution in [3.05, 3.63) is 48.5 Å². The maximum atomic E-state index is 4.83. The summed E-state index contributed by atoms with van der Waals surface area (Å²) < 4.78 is 1.24. The first-order valence-corrected chi connectivity index (χ1v) is 7.27. The van der Waals surface area contributed by atoms with Gasteiger partial charge in [-0.3, -0.25) is 0 Å². The maximum absolute atomic E-state index is 4.83. The van der Waals surface area contributed by atoms with Crippen LogP contribution in [0.5, 0.6) is 0 Å². The van der Waals surface area contributed by atoms with E-state index in [-0.39, 0.29) is 0 Å². The van der Waals surface area contributed by atoms with Crippen LogP contribution in [0.3, 0.4) is 0 Å². The van der Waals surface area contributed by atoms with E-state index in [4.69, 9.17) is 9.97 Å². The number of H-pyrrole nitrogens is 1. The van der Waals surface area contributed by atoms with Crippen LogP contribution in [0.2, 0.25) is 0 Å². The molecule has 1 N–H and O–H groups in total. The third-order valence-corrected chi connectivity index (χ3v) is 4.70. The van der Waals surface area contributed by atoms with E-state index in [0.717, 1.165) is 32.4 Å². The van der Waals surface area contributed by atoms with Crippen molar-refractivity contribution in [1.82, 2.24) is 15.0 Å². The average molecular weight is 275 g/mol. The SMILES string of the molecule is c1ccc2c(c1)[nH]c1nc3c(nc12)sc1ccccc13. The molecule has 0 amide bonds. The number of aromatic amines is 1. The molecule has 0 atom stereocenters. The Bertz CT molecular complexity index is 1010. The summed E-state index contributed by atoms with van der Waals surface area (Å²) in [5.41, 5.74) is 3.90. The van der Waals surface area contributed by atoms with Crippen molar-refractivity contribution in [3.63, 3.8) is 0 Å². The van der Waals surface area contributed by atoms with Crippen LogP contribution in [0.15, 0.2) is 48.5 Å². The highest BCUT2D eigenvalue weighted by atomic mass is 32.1. The van der Waals surface area contributed by atoms with Crippen molar-refractivity contribution in [1.29, 1.82) is 0 Å².